The fourth-order valence-corrected chi connectivity index (χ4v) is 2.83. The average Bonchev–Trinajstić information content (AvgIpc) is 2.09. The first-order valence-electron chi connectivity index (χ1n) is 3.77. The summed E-state index contributed by atoms with van der Waals surface area (Å²) in [5.41, 5.74) is 0.509. The van der Waals surface area contributed by atoms with Crippen LogP contribution < -0.4 is 0 Å². The van der Waals surface area contributed by atoms with Crippen LogP contribution in [0, 0.1) is 0 Å². The average molecular weight is 170 g/mol. The molecule has 11 heavy (non-hydrogen) atoms. The van der Waals surface area contributed by atoms with Gasteiger partial charge in [-0.2, -0.15) is 0 Å². The predicted octanol–water partition coefficient (Wildman–Crippen LogP) is 1.39. The standard InChI is InChI=1S/C8H14O2Si/c1-9-11(10-2)8-6-4-3-5-7-8/h3-6,8,11H,7H2,1-2H3. The summed E-state index contributed by atoms with van der Waals surface area (Å²) in [5, 5.41) is 0. The molecule has 0 saturated heterocycles. The van der Waals surface area contributed by atoms with Gasteiger partial charge in [-0.25, -0.2) is 0 Å². The molecule has 0 radical (unpaired) electrons. The van der Waals surface area contributed by atoms with Crippen molar-refractivity contribution in [2.45, 2.75) is 12.0 Å². The molecule has 1 atom stereocenters. The summed E-state index contributed by atoms with van der Waals surface area (Å²) >= 11 is 0. The molecule has 0 aliphatic heterocycles. The van der Waals surface area contributed by atoms with E-state index in [1.807, 2.05) is 0 Å². The van der Waals surface area contributed by atoms with E-state index in [-0.39, 0.29) is 0 Å². The lowest BCUT2D eigenvalue weighted by Gasteiger charge is -2.19. The molecule has 0 amide bonds. The zero-order valence-electron chi connectivity index (χ0n) is 6.99. The summed E-state index contributed by atoms with van der Waals surface area (Å²) in [5.74, 6) is 0. The maximum absolute atomic E-state index is 5.27. The molecule has 62 valence electrons. The van der Waals surface area contributed by atoms with Crippen molar-refractivity contribution < 1.29 is 8.85 Å². The van der Waals surface area contributed by atoms with Crippen molar-refractivity contribution in [2.24, 2.45) is 0 Å². The van der Waals surface area contributed by atoms with Gasteiger partial charge in [0.05, 0.1) is 0 Å². The van der Waals surface area contributed by atoms with E-state index in [0.29, 0.717) is 5.54 Å². The molecule has 1 unspecified atom stereocenters. The van der Waals surface area contributed by atoms with Crippen LogP contribution in [0.3, 0.4) is 0 Å². The van der Waals surface area contributed by atoms with Crippen LogP contribution in [0.5, 0.6) is 0 Å². The Morgan fingerprint density at radius 2 is 2.00 bits per heavy atom. The van der Waals surface area contributed by atoms with Crippen LogP contribution in [0.1, 0.15) is 6.42 Å². The highest BCUT2D eigenvalue weighted by atomic mass is 28.3. The minimum Gasteiger partial charge on any atom is -0.400 e. The molecule has 0 aromatic carbocycles. The van der Waals surface area contributed by atoms with Crippen LogP contribution in [0.25, 0.3) is 0 Å². The molecular formula is C8H14O2Si. The molecule has 0 aromatic heterocycles. The van der Waals surface area contributed by atoms with Gasteiger partial charge < -0.3 is 8.85 Å². The van der Waals surface area contributed by atoms with Gasteiger partial charge in [0.25, 0.3) is 0 Å². The van der Waals surface area contributed by atoms with Gasteiger partial charge in [-0.05, 0) is 6.42 Å². The summed E-state index contributed by atoms with van der Waals surface area (Å²) < 4.78 is 10.5. The van der Waals surface area contributed by atoms with Crippen LogP contribution >= 0.6 is 0 Å². The molecule has 0 bridgehead atoms. The second-order valence-electron chi connectivity index (χ2n) is 2.55. The molecule has 0 heterocycles. The smallest absolute Gasteiger partial charge is 0.328 e. The van der Waals surface area contributed by atoms with Crippen molar-refractivity contribution in [1.29, 1.82) is 0 Å². The lowest BCUT2D eigenvalue weighted by molar-refractivity contribution is 0.270. The third kappa shape index (κ3) is 2.29. The van der Waals surface area contributed by atoms with Crippen LogP contribution in [0.15, 0.2) is 24.3 Å². The van der Waals surface area contributed by atoms with Gasteiger partial charge in [0, 0.05) is 19.8 Å². The van der Waals surface area contributed by atoms with E-state index in [2.05, 4.69) is 24.3 Å². The topological polar surface area (TPSA) is 18.5 Å². The maximum Gasteiger partial charge on any atom is 0.328 e. The van der Waals surface area contributed by atoms with Crippen LogP contribution in [-0.2, 0) is 8.85 Å². The van der Waals surface area contributed by atoms with E-state index in [4.69, 9.17) is 8.85 Å². The molecule has 1 rings (SSSR count). The summed E-state index contributed by atoms with van der Waals surface area (Å²) in [6, 6.07) is 0. The Bertz CT molecular complexity index is 161. The Morgan fingerprint density at radius 1 is 1.27 bits per heavy atom. The van der Waals surface area contributed by atoms with Gasteiger partial charge in [-0.15, -0.1) is 0 Å². The van der Waals surface area contributed by atoms with E-state index in [1.165, 1.54) is 0 Å². The Balaban J connectivity index is 2.45. The SMILES string of the molecule is CO[SiH](OC)C1C=CC=CC1. The zero-order chi connectivity index (χ0) is 8.10. The molecule has 0 saturated carbocycles. The summed E-state index contributed by atoms with van der Waals surface area (Å²) in [6.07, 6.45) is 9.52. The third-order valence-corrected chi connectivity index (χ3v) is 3.95. The molecule has 0 fully saturated rings. The fourth-order valence-electron chi connectivity index (χ4n) is 1.25. The Hall–Kier alpha value is -0.383. The van der Waals surface area contributed by atoms with Gasteiger partial charge in [0.2, 0.25) is 0 Å². The Labute approximate surface area is 69.4 Å². The highest BCUT2D eigenvalue weighted by molar-refractivity contribution is 6.47. The van der Waals surface area contributed by atoms with Gasteiger partial charge in [-0.1, -0.05) is 24.3 Å². The second-order valence-corrected chi connectivity index (χ2v) is 5.09. The summed E-state index contributed by atoms with van der Waals surface area (Å²) in [6.45, 7) is 0. The zero-order valence-corrected chi connectivity index (χ0v) is 8.14. The van der Waals surface area contributed by atoms with Gasteiger partial charge in [-0.3, -0.25) is 0 Å². The van der Waals surface area contributed by atoms with E-state index < -0.39 is 9.28 Å². The van der Waals surface area contributed by atoms with Crippen LogP contribution in [0.2, 0.25) is 5.54 Å². The fraction of sp³-hybridized carbons (Fsp3) is 0.500. The highest BCUT2D eigenvalue weighted by Gasteiger charge is 2.21. The quantitative estimate of drug-likeness (QED) is 0.596. The van der Waals surface area contributed by atoms with Crippen LogP contribution in [-0.4, -0.2) is 23.5 Å². The minimum absolute atomic E-state index is 0.509. The number of hydrogen-bond donors (Lipinski definition) is 0. The van der Waals surface area contributed by atoms with E-state index in [0.717, 1.165) is 6.42 Å². The van der Waals surface area contributed by atoms with Crippen molar-refractivity contribution in [3.8, 4) is 0 Å². The first-order valence-corrected chi connectivity index (χ1v) is 5.38. The monoisotopic (exact) mass is 170 g/mol. The first-order chi connectivity index (χ1) is 5.38. The normalized spacial score (nSPS) is 23.0. The molecule has 0 N–H and O–H groups in total. The first kappa shape index (κ1) is 8.71. The van der Waals surface area contributed by atoms with Crippen molar-refractivity contribution in [3.63, 3.8) is 0 Å². The molecule has 0 spiro atoms. The van der Waals surface area contributed by atoms with Crippen molar-refractivity contribution >= 4 is 9.28 Å². The van der Waals surface area contributed by atoms with Gasteiger partial charge in [0.15, 0.2) is 0 Å². The molecule has 1 aliphatic rings. The summed E-state index contributed by atoms with van der Waals surface area (Å²) in [7, 11) is 2.05. The molecule has 1 aliphatic carbocycles. The highest BCUT2D eigenvalue weighted by Crippen LogP contribution is 2.21. The summed E-state index contributed by atoms with van der Waals surface area (Å²) in [4.78, 5) is 0. The molecular weight excluding hydrogens is 156 g/mol. The number of rotatable bonds is 3. The number of allylic oxidation sites excluding steroid dienone is 4. The van der Waals surface area contributed by atoms with Crippen molar-refractivity contribution in [3.05, 3.63) is 24.3 Å². The van der Waals surface area contributed by atoms with Crippen molar-refractivity contribution in [1.82, 2.24) is 0 Å². The lowest BCUT2D eigenvalue weighted by atomic mass is 10.2. The Morgan fingerprint density at radius 3 is 2.45 bits per heavy atom. The van der Waals surface area contributed by atoms with Gasteiger partial charge >= 0.3 is 9.28 Å². The largest absolute Gasteiger partial charge is 0.400 e. The van der Waals surface area contributed by atoms with Crippen LogP contribution in [0.4, 0.5) is 0 Å². The molecule has 0 aromatic rings. The van der Waals surface area contributed by atoms with E-state index in [1.54, 1.807) is 14.2 Å². The third-order valence-electron chi connectivity index (χ3n) is 1.83. The lowest BCUT2D eigenvalue weighted by Crippen LogP contribution is -2.25. The van der Waals surface area contributed by atoms with E-state index in [9.17, 15) is 0 Å². The van der Waals surface area contributed by atoms with Crippen molar-refractivity contribution in [2.75, 3.05) is 14.2 Å². The Kier molecular flexibility index (Phi) is 3.55. The second kappa shape index (κ2) is 4.49. The number of hydrogen-bond acceptors (Lipinski definition) is 2. The molecule has 2 nitrogen and oxygen atoms in total. The maximum atomic E-state index is 5.27. The molecule has 3 heteroatoms. The van der Waals surface area contributed by atoms with Gasteiger partial charge in [0.1, 0.15) is 0 Å². The minimum atomic E-state index is -1.41. The van der Waals surface area contributed by atoms with E-state index >= 15 is 0 Å². The predicted molar refractivity (Wildman–Crippen MR) is 47.8 cm³/mol.